The molecule has 0 radical (unpaired) electrons. The highest BCUT2D eigenvalue weighted by molar-refractivity contribution is 5.94. The molecule has 1 amide bonds. The summed E-state index contributed by atoms with van der Waals surface area (Å²) in [7, 11) is 1.64. The third-order valence-electron chi connectivity index (χ3n) is 4.49. The van der Waals surface area contributed by atoms with Crippen molar-refractivity contribution in [3.8, 4) is 22.7 Å². The zero-order valence-electron chi connectivity index (χ0n) is 14.9. The monoisotopic (exact) mass is 347 g/mol. The molecular formula is C21H21N3O2. The lowest BCUT2D eigenvalue weighted by atomic mass is 10.1. The second-order valence-corrected chi connectivity index (χ2v) is 6.64. The first-order valence-electron chi connectivity index (χ1n) is 8.76. The average Bonchev–Trinajstić information content (AvgIpc) is 3.35. The summed E-state index contributed by atoms with van der Waals surface area (Å²) in [4.78, 5) is 12.7. The second kappa shape index (κ2) is 6.67. The minimum atomic E-state index is -0.0822. The molecule has 3 aromatic rings. The molecule has 26 heavy (non-hydrogen) atoms. The highest BCUT2D eigenvalue weighted by Gasteiger charge is 2.26. The van der Waals surface area contributed by atoms with Gasteiger partial charge in [0, 0.05) is 11.6 Å². The summed E-state index contributed by atoms with van der Waals surface area (Å²) in [5, 5.41) is 7.77. The van der Waals surface area contributed by atoms with E-state index in [-0.39, 0.29) is 5.91 Å². The summed E-state index contributed by atoms with van der Waals surface area (Å²) in [6, 6.07) is 17.8. The van der Waals surface area contributed by atoms with Crippen molar-refractivity contribution in [2.45, 2.75) is 25.8 Å². The van der Waals surface area contributed by atoms with Crippen LogP contribution in [0.15, 0.2) is 54.6 Å². The second-order valence-electron chi connectivity index (χ2n) is 6.64. The van der Waals surface area contributed by atoms with E-state index >= 15 is 0 Å². The molecule has 5 heteroatoms. The summed E-state index contributed by atoms with van der Waals surface area (Å²) in [5.41, 5.74) is 4.25. The number of methoxy groups -OCH3 is 1. The number of amides is 1. The molecule has 0 saturated heterocycles. The molecule has 0 spiro atoms. The molecule has 1 aliphatic carbocycles. The SMILES string of the molecule is COc1ccc(-c2cc(C(=O)NC3CC3)n(-c3cccc(C)c3)n2)cc1. The van der Waals surface area contributed by atoms with Crippen LogP contribution in [0.5, 0.6) is 5.75 Å². The molecule has 1 aliphatic rings. The Morgan fingerprint density at radius 3 is 2.58 bits per heavy atom. The number of hydrogen-bond donors (Lipinski definition) is 1. The van der Waals surface area contributed by atoms with E-state index in [1.54, 1.807) is 11.8 Å². The predicted octanol–water partition coefficient (Wildman–Crippen LogP) is 3.75. The van der Waals surface area contributed by atoms with E-state index in [0.29, 0.717) is 11.7 Å². The summed E-state index contributed by atoms with van der Waals surface area (Å²) in [6.07, 6.45) is 2.10. The molecule has 0 aliphatic heterocycles. The number of nitrogens with one attached hydrogen (secondary N) is 1. The molecule has 1 saturated carbocycles. The van der Waals surface area contributed by atoms with Crippen LogP contribution in [0.3, 0.4) is 0 Å². The Morgan fingerprint density at radius 1 is 1.15 bits per heavy atom. The molecule has 0 bridgehead atoms. The minimum absolute atomic E-state index is 0.0822. The largest absolute Gasteiger partial charge is 0.497 e. The first-order valence-corrected chi connectivity index (χ1v) is 8.76. The Kier molecular flexibility index (Phi) is 4.21. The van der Waals surface area contributed by atoms with E-state index in [1.165, 1.54) is 0 Å². The zero-order valence-corrected chi connectivity index (χ0v) is 14.9. The van der Waals surface area contributed by atoms with Crippen LogP contribution in [0.4, 0.5) is 0 Å². The fourth-order valence-electron chi connectivity index (χ4n) is 2.89. The summed E-state index contributed by atoms with van der Waals surface area (Å²) in [5.74, 6) is 0.708. The van der Waals surface area contributed by atoms with Crippen LogP contribution in [0.25, 0.3) is 16.9 Å². The summed E-state index contributed by atoms with van der Waals surface area (Å²) >= 11 is 0. The number of rotatable bonds is 5. The van der Waals surface area contributed by atoms with Gasteiger partial charge in [-0.1, -0.05) is 12.1 Å². The van der Waals surface area contributed by atoms with Crippen LogP contribution < -0.4 is 10.1 Å². The van der Waals surface area contributed by atoms with Gasteiger partial charge in [0.1, 0.15) is 11.4 Å². The number of benzene rings is 2. The van der Waals surface area contributed by atoms with Crippen molar-refractivity contribution in [1.29, 1.82) is 0 Å². The van der Waals surface area contributed by atoms with Crippen LogP contribution in [0, 0.1) is 6.92 Å². The first-order chi connectivity index (χ1) is 12.6. The Bertz CT molecular complexity index is 940. The van der Waals surface area contributed by atoms with E-state index in [9.17, 15) is 4.79 Å². The van der Waals surface area contributed by atoms with Crippen LogP contribution in [0.1, 0.15) is 28.9 Å². The molecule has 1 N–H and O–H groups in total. The fraction of sp³-hybridized carbons (Fsp3) is 0.238. The van der Waals surface area contributed by atoms with Crippen LogP contribution in [-0.2, 0) is 0 Å². The lowest BCUT2D eigenvalue weighted by Gasteiger charge is -2.08. The molecule has 5 nitrogen and oxygen atoms in total. The van der Waals surface area contributed by atoms with Crippen LogP contribution in [0.2, 0.25) is 0 Å². The summed E-state index contributed by atoms with van der Waals surface area (Å²) < 4.78 is 6.94. The van der Waals surface area contributed by atoms with E-state index in [1.807, 2.05) is 61.5 Å². The van der Waals surface area contributed by atoms with Crippen molar-refractivity contribution < 1.29 is 9.53 Å². The van der Waals surface area contributed by atoms with Crippen molar-refractivity contribution in [2.75, 3.05) is 7.11 Å². The van der Waals surface area contributed by atoms with Crippen LogP contribution >= 0.6 is 0 Å². The van der Waals surface area contributed by atoms with Crippen molar-refractivity contribution in [2.24, 2.45) is 0 Å². The molecule has 2 aromatic carbocycles. The summed E-state index contributed by atoms with van der Waals surface area (Å²) in [6.45, 7) is 2.03. The molecular weight excluding hydrogens is 326 g/mol. The third kappa shape index (κ3) is 3.33. The van der Waals surface area contributed by atoms with Crippen molar-refractivity contribution in [3.63, 3.8) is 0 Å². The predicted molar refractivity (Wildman–Crippen MR) is 101 cm³/mol. The molecule has 1 fully saturated rings. The molecule has 132 valence electrons. The van der Waals surface area contributed by atoms with Gasteiger partial charge in [-0.15, -0.1) is 0 Å². The average molecular weight is 347 g/mol. The van der Waals surface area contributed by atoms with Crippen LogP contribution in [-0.4, -0.2) is 28.8 Å². The lowest BCUT2D eigenvalue weighted by Crippen LogP contribution is -2.27. The fourth-order valence-corrected chi connectivity index (χ4v) is 2.89. The van der Waals surface area contributed by atoms with Crippen molar-refractivity contribution in [3.05, 3.63) is 65.9 Å². The maximum atomic E-state index is 12.7. The zero-order chi connectivity index (χ0) is 18.1. The number of aromatic nitrogens is 2. The number of hydrogen-bond acceptors (Lipinski definition) is 3. The Balaban J connectivity index is 1.76. The van der Waals surface area contributed by atoms with Gasteiger partial charge < -0.3 is 10.1 Å². The van der Waals surface area contributed by atoms with Gasteiger partial charge >= 0.3 is 0 Å². The third-order valence-corrected chi connectivity index (χ3v) is 4.49. The Hall–Kier alpha value is -3.08. The normalized spacial score (nSPS) is 13.5. The molecule has 0 atom stereocenters. The van der Waals surface area contributed by atoms with Gasteiger partial charge in [0.15, 0.2) is 0 Å². The highest BCUT2D eigenvalue weighted by atomic mass is 16.5. The van der Waals surface area contributed by atoms with Crippen molar-refractivity contribution in [1.82, 2.24) is 15.1 Å². The number of carbonyl (C=O) groups excluding carboxylic acids is 1. The number of carbonyl (C=O) groups is 1. The van der Waals surface area contributed by atoms with E-state index in [2.05, 4.69) is 5.32 Å². The lowest BCUT2D eigenvalue weighted by molar-refractivity contribution is 0.0943. The number of nitrogens with zero attached hydrogens (tertiary/aromatic N) is 2. The first kappa shape index (κ1) is 16.4. The Morgan fingerprint density at radius 2 is 1.92 bits per heavy atom. The van der Waals surface area contributed by atoms with E-state index in [4.69, 9.17) is 9.84 Å². The van der Waals surface area contributed by atoms with Crippen molar-refractivity contribution >= 4 is 5.91 Å². The van der Waals surface area contributed by atoms with E-state index in [0.717, 1.165) is 41.1 Å². The maximum absolute atomic E-state index is 12.7. The number of ether oxygens (including phenoxy) is 1. The van der Waals surface area contributed by atoms with Gasteiger partial charge in [-0.3, -0.25) is 4.79 Å². The van der Waals surface area contributed by atoms with Gasteiger partial charge in [0.05, 0.1) is 18.5 Å². The highest BCUT2D eigenvalue weighted by Crippen LogP contribution is 2.25. The Labute approximate surface area is 152 Å². The van der Waals surface area contributed by atoms with Gasteiger partial charge in [0.25, 0.3) is 5.91 Å². The standard InChI is InChI=1S/C21H21N3O2/c1-14-4-3-5-17(12-14)24-20(21(25)22-16-8-9-16)13-19(23-24)15-6-10-18(26-2)11-7-15/h3-7,10-13,16H,8-9H2,1-2H3,(H,22,25). The van der Waals surface area contributed by atoms with Gasteiger partial charge in [-0.05, 0) is 67.8 Å². The minimum Gasteiger partial charge on any atom is -0.497 e. The van der Waals surface area contributed by atoms with Gasteiger partial charge in [0.2, 0.25) is 0 Å². The topological polar surface area (TPSA) is 56.1 Å². The van der Waals surface area contributed by atoms with Gasteiger partial charge in [-0.25, -0.2) is 4.68 Å². The molecule has 1 aromatic heterocycles. The van der Waals surface area contributed by atoms with Gasteiger partial charge in [-0.2, -0.15) is 5.10 Å². The molecule has 4 rings (SSSR count). The molecule has 0 unspecified atom stereocenters. The van der Waals surface area contributed by atoms with E-state index < -0.39 is 0 Å². The molecule has 1 heterocycles. The maximum Gasteiger partial charge on any atom is 0.270 e. The number of aryl methyl sites for hydroxylation is 1. The quantitative estimate of drug-likeness (QED) is 0.765. The smallest absolute Gasteiger partial charge is 0.270 e.